The molecule has 0 saturated carbocycles. The molecule has 0 saturated heterocycles. The van der Waals surface area contributed by atoms with E-state index in [1.165, 1.54) is 26.5 Å². The summed E-state index contributed by atoms with van der Waals surface area (Å²) in [4.78, 5) is 22.4. The molecule has 12 nitrogen and oxygen atoms in total. The number of imidazole rings is 1. The molecule has 39 heavy (non-hydrogen) atoms. The van der Waals surface area contributed by atoms with Crippen LogP contribution in [0.25, 0.3) is 39.8 Å². The van der Waals surface area contributed by atoms with Gasteiger partial charge in [-0.05, 0) is 37.3 Å². The second-order valence-corrected chi connectivity index (χ2v) is 9.82. The number of hydrogen-bond donors (Lipinski definition) is 1. The number of halogens is 1. The molecule has 2 N–H and O–H groups in total. The van der Waals surface area contributed by atoms with Gasteiger partial charge in [-0.15, -0.1) is 0 Å². The number of aromatic nitrogens is 6. The highest BCUT2D eigenvalue weighted by Crippen LogP contribution is 2.39. The minimum Gasteiger partial charge on any atom is -0.494 e. The molecular weight excluding hydrogens is 546 g/mol. The van der Waals surface area contributed by atoms with Crippen molar-refractivity contribution in [1.82, 2.24) is 29.5 Å². The highest BCUT2D eigenvalue weighted by Gasteiger charge is 2.27. The molecule has 0 aliphatic carbocycles. The lowest BCUT2D eigenvalue weighted by molar-refractivity contribution is 0.327. The molecule has 4 aromatic heterocycles. The van der Waals surface area contributed by atoms with Crippen molar-refractivity contribution < 1.29 is 22.6 Å². The predicted molar refractivity (Wildman–Crippen MR) is 144 cm³/mol. The third-order valence-corrected chi connectivity index (χ3v) is 6.75. The zero-order valence-corrected chi connectivity index (χ0v) is 22.6. The Hall–Kier alpha value is -4.33. The van der Waals surface area contributed by atoms with E-state index in [2.05, 4.69) is 15.0 Å². The Bertz CT molecular complexity index is 1790. The molecule has 200 valence electrons. The predicted octanol–water partition coefficient (Wildman–Crippen LogP) is 3.66. The van der Waals surface area contributed by atoms with E-state index in [9.17, 15) is 8.42 Å². The zero-order valence-electron chi connectivity index (χ0n) is 21.0. The maximum atomic E-state index is 12.3. The molecule has 0 atom stereocenters. The van der Waals surface area contributed by atoms with Gasteiger partial charge in [-0.25, -0.2) is 38.5 Å². The summed E-state index contributed by atoms with van der Waals surface area (Å²) in [6.45, 7) is 2.28. The van der Waals surface area contributed by atoms with E-state index in [0.717, 1.165) is 0 Å². The first-order valence-corrected chi connectivity index (χ1v) is 13.4. The van der Waals surface area contributed by atoms with E-state index in [0.29, 0.717) is 41.2 Å². The standard InChI is InChI=1S/C25H22ClN7O5S/c1-4-38-18-12-5-9-15(29-18)23-32-22-24(33(23)20-16(36-2)10-6-11-17(20)37-3)30-19(21(26)31-22)14-8-7-13-28-25(14)39(27,34)35/h5-13H,4H2,1-3H3,(H2,27,34,35). The second-order valence-electron chi connectivity index (χ2n) is 7.99. The number of para-hydroxylation sites is 1. The Kier molecular flexibility index (Phi) is 7.04. The molecular formula is C25H22ClN7O5S. The first-order chi connectivity index (χ1) is 18.8. The van der Waals surface area contributed by atoms with Crippen molar-refractivity contribution in [3.8, 4) is 45.8 Å². The summed E-state index contributed by atoms with van der Waals surface area (Å²) in [5.41, 5.74) is 1.41. The summed E-state index contributed by atoms with van der Waals surface area (Å²) in [5.74, 6) is 1.62. The summed E-state index contributed by atoms with van der Waals surface area (Å²) < 4.78 is 43.1. The van der Waals surface area contributed by atoms with Crippen LogP contribution in [0.3, 0.4) is 0 Å². The molecule has 0 unspecified atom stereocenters. The van der Waals surface area contributed by atoms with Crippen LogP contribution in [-0.4, -0.2) is 58.7 Å². The van der Waals surface area contributed by atoms with Crippen LogP contribution in [0, 0.1) is 0 Å². The Morgan fingerprint density at radius 3 is 2.33 bits per heavy atom. The molecule has 0 aliphatic rings. The van der Waals surface area contributed by atoms with Crippen LogP contribution in [0.1, 0.15) is 6.92 Å². The maximum absolute atomic E-state index is 12.3. The van der Waals surface area contributed by atoms with E-state index >= 15 is 0 Å². The van der Waals surface area contributed by atoms with Crippen molar-refractivity contribution in [3.63, 3.8) is 0 Å². The molecule has 5 aromatic rings. The van der Waals surface area contributed by atoms with Gasteiger partial charge in [0.15, 0.2) is 27.3 Å². The van der Waals surface area contributed by atoms with Crippen molar-refractivity contribution in [2.24, 2.45) is 5.14 Å². The summed E-state index contributed by atoms with van der Waals surface area (Å²) in [5, 5.41) is 4.93. The van der Waals surface area contributed by atoms with Crippen molar-refractivity contribution in [1.29, 1.82) is 0 Å². The van der Waals surface area contributed by atoms with Gasteiger partial charge >= 0.3 is 0 Å². The third-order valence-electron chi connectivity index (χ3n) is 5.62. The molecule has 0 aliphatic heterocycles. The third kappa shape index (κ3) is 4.82. The second kappa shape index (κ2) is 10.4. The fourth-order valence-electron chi connectivity index (χ4n) is 4.05. The number of nitrogens with zero attached hydrogens (tertiary/aromatic N) is 6. The quantitative estimate of drug-likeness (QED) is 0.293. The summed E-state index contributed by atoms with van der Waals surface area (Å²) in [6.07, 6.45) is 1.31. The van der Waals surface area contributed by atoms with E-state index in [1.54, 1.807) is 47.0 Å². The molecule has 5 rings (SSSR count). The number of fused-ring (bicyclic) bond motifs is 1. The smallest absolute Gasteiger partial charge is 0.256 e. The fraction of sp³-hybridized carbons (Fsp3) is 0.160. The number of pyridine rings is 2. The Morgan fingerprint density at radius 2 is 1.67 bits per heavy atom. The molecule has 1 aromatic carbocycles. The summed E-state index contributed by atoms with van der Waals surface area (Å²) >= 11 is 6.53. The van der Waals surface area contributed by atoms with Gasteiger partial charge in [0.25, 0.3) is 10.0 Å². The Balaban J connectivity index is 1.90. The number of nitrogens with two attached hydrogens (primary N) is 1. The number of hydrogen-bond acceptors (Lipinski definition) is 10. The molecule has 0 radical (unpaired) electrons. The van der Waals surface area contributed by atoms with Crippen molar-refractivity contribution >= 4 is 32.9 Å². The maximum Gasteiger partial charge on any atom is 0.256 e. The van der Waals surface area contributed by atoms with E-state index in [1.807, 2.05) is 6.92 Å². The van der Waals surface area contributed by atoms with Crippen molar-refractivity contribution in [2.45, 2.75) is 11.9 Å². The SMILES string of the molecule is CCOc1cccc(-c2nc3nc(Cl)c(-c4cccnc4S(N)(=O)=O)nc3n2-c2c(OC)cccc2OC)n1. The highest BCUT2D eigenvalue weighted by molar-refractivity contribution is 7.89. The zero-order chi connectivity index (χ0) is 27.7. The van der Waals surface area contributed by atoms with Crippen molar-refractivity contribution in [2.75, 3.05) is 20.8 Å². The van der Waals surface area contributed by atoms with Gasteiger partial charge in [-0.2, -0.15) is 0 Å². The van der Waals surface area contributed by atoms with E-state index < -0.39 is 15.0 Å². The van der Waals surface area contributed by atoms with Gasteiger partial charge in [-0.1, -0.05) is 23.7 Å². The van der Waals surface area contributed by atoms with Gasteiger partial charge in [0, 0.05) is 17.8 Å². The van der Waals surface area contributed by atoms with Crippen LogP contribution in [0.2, 0.25) is 5.15 Å². The van der Waals surface area contributed by atoms with E-state index in [-0.39, 0.29) is 27.7 Å². The first-order valence-electron chi connectivity index (χ1n) is 11.5. The fourth-order valence-corrected chi connectivity index (χ4v) is 4.95. The van der Waals surface area contributed by atoms with Crippen LogP contribution < -0.4 is 19.3 Å². The topological polar surface area (TPSA) is 157 Å². The molecule has 0 bridgehead atoms. The van der Waals surface area contributed by atoms with Gasteiger partial charge in [0.05, 0.1) is 20.8 Å². The molecule has 0 amide bonds. The highest BCUT2D eigenvalue weighted by atomic mass is 35.5. The number of benzene rings is 1. The number of rotatable bonds is 8. The largest absolute Gasteiger partial charge is 0.494 e. The van der Waals surface area contributed by atoms with Gasteiger partial charge < -0.3 is 14.2 Å². The lowest BCUT2D eigenvalue weighted by atomic mass is 10.2. The first kappa shape index (κ1) is 26.3. The molecule has 14 heteroatoms. The number of methoxy groups -OCH3 is 2. The molecule has 0 spiro atoms. The van der Waals surface area contributed by atoms with Gasteiger partial charge in [-0.3, -0.25) is 4.57 Å². The van der Waals surface area contributed by atoms with Crippen LogP contribution in [-0.2, 0) is 10.0 Å². The lowest BCUT2D eigenvalue weighted by Crippen LogP contribution is -2.15. The monoisotopic (exact) mass is 567 g/mol. The minimum absolute atomic E-state index is 0.0406. The number of primary sulfonamides is 1. The number of sulfonamides is 1. The van der Waals surface area contributed by atoms with E-state index in [4.69, 9.17) is 40.9 Å². The average Bonchev–Trinajstić information content (AvgIpc) is 3.29. The normalized spacial score (nSPS) is 11.5. The summed E-state index contributed by atoms with van der Waals surface area (Å²) in [6, 6.07) is 13.6. The Labute approximate surface area is 228 Å². The average molecular weight is 568 g/mol. The molecule has 4 heterocycles. The summed E-state index contributed by atoms with van der Waals surface area (Å²) in [7, 11) is -1.17. The van der Waals surface area contributed by atoms with Crippen LogP contribution in [0.5, 0.6) is 17.4 Å². The van der Waals surface area contributed by atoms with Crippen LogP contribution >= 0.6 is 11.6 Å². The van der Waals surface area contributed by atoms with Gasteiger partial charge in [0.1, 0.15) is 28.6 Å². The van der Waals surface area contributed by atoms with Gasteiger partial charge in [0.2, 0.25) is 5.88 Å². The van der Waals surface area contributed by atoms with Crippen molar-refractivity contribution in [3.05, 3.63) is 59.9 Å². The van der Waals surface area contributed by atoms with Crippen LogP contribution in [0.15, 0.2) is 59.8 Å². The minimum atomic E-state index is -4.21. The number of ether oxygens (including phenoxy) is 3. The lowest BCUT2D eigenvalue weighted by Gasteiger charge is -2.16. The molecule has 0 fully saturated rings. The van der Waals surface area contributed by atoms with Crippen LogP contribution in [0.4, 0.5) is 0 Å². The Morgan fingerprint density at radius 1 is 0.949 bits per heavy atom.